The Bertz CT molecular complexity index is 813. The van der Waals surface area contributed by atoms with E-state index in [1.807, 2.05) is 36.4 Å². The molecule has 2 N–H and O–H groups in total. The first-order valence-electron chi connectivity index (χ1n) is 7.99. The van der Waals surface area contributed by atoms with Crippen molar-refractivity contribution in [3.8, 4) is 11.5 Å². The van der Waals surface area contributed by atoms with Gasteiger partial charge in [0.15, 0.2) is 5.75 Å². The molecule has 1 saturated heterocycles. The number of fused-ring (bicyclic) bond motifs is 2. The molecule has 4 rings (SSSR count). The highest BCUT2D eigenvalue weighted by atomic mass is 35.5. The first-order valence-corrected chi connectivity index (χ1v) is 8.37. The Balaban J connectivity index is 1.85. The number of aliphatic imine (C=N–C) groups is 1. The molecule has 6 heteroatoms. The Morgan fingerprint density at radius 2 is 1.83 bits per heavy atom. The minimum Gasteiger partial charge on any atom is -0.454 e. The van der Waals surface area contributed by atoms with Crippen LogP contribution in [-0.4, -0.2) is 48.9 Å². The van der Waals surface area contributed by atoms with Crippen molar-refractivity contribution in [3.05, 3.63) is 47.0 Å². The second-order valence-electron chi connectivity index (χ2n) is 6.20. The van der Waals surface area contributed by atoms with E-state index in [0.29, 0.717) is 16.5 Å². The molecule has 0 aromatic heterocycles. The van der Waals surface area contributed by atoms with E-state index in [-0.39, 0.29) is 0 Å². The van der Waals surface area contributed by atoms with Crippen LogP contribution in [0.1, 0.15) is 5.56 Å². The topological polar surface area (TPSA) is 54.1 Å². The molecule has 0 unspecified atom stereocenters. The van der Waals surface area contributed by atoms with Crippen molar-refractivity contribution in [3.63, 3.8) is 0 Å². The summed E-state index contributed by atoms with van der Waals surface area (Å²) in [6.07, 6.45) is 0. The molecule has 2 aromatic rings. The second-order valence-corrected chi connectivity index (χ2v) is 6.63. The summed E-state index contributed by atoms with van der Waals surface area (Å²) in [4.78, 5) is 9.51. The summed E-state index contributed by atoms with van der Waals surface area (Å²) < 4.78 is 6.09. The lowest BCUT2D eigenvalue weighted by Crippen LogP contribution is -2.47. The van der Waals surface area contributed by atoms with Crippen molar-refractivity contribution in [1.82, 2.24) is 9.80 Å². The van der Waals surface area contributed by atoms with Gasteiger partial charge < -0.3 is 20.3 Å². The summed E-state index contributed by atoms with van der Waals surface area (Å²) in [6, 6.07) is 11.2. The maximum Gasteiger partial charge on any atom is 0.155 e. The summed E-state index contributed by atoms with van der Waals surface area (Å²) in [6.45, 7) is 3.85. The molecule has 0 amide bonds. The number of piperazine rings is 1. The van der Waals surface area contributed by atoms with Crippen LogP contribution in [0.2, 0.25) is 5.02 Å². The number of rotatable bonds is 0. The molecule has 0 spiro atoms. The molecule has 2 aliphatic heterocycles. The molecule has 0 bridgehead atoms. The molecule has 1 fully saturated rings. The number of nitrogen functional groups attached to an aromatic ring is 1. The fourth-order valence-corrected chi connectivity index (χ4v) is 3.19. The van der Waals surface area contributed by atoms with Crippen LogP contribution in [0.25, 0.3) is 0 Å². The maximum absolute atomic E-state index is 6.24. The van der Waals surface area contributed by atoms with E-state index in [2.05, 4.69) is 16.8 Å². The molecule has 0 saturated carbocycles. The molecule has 0 radical (unpaired) electrons. The minimum atomic E-state index is 0.655. The number of hydrogen-bond donors (Lipinski definition) is 1. The highest BCUT2D eigenvalue weighted by molar-refractivity contribution is 6.31. The van der Waals surface area contributed by atoms with Gasteiger partial charge in [0.2, 0.25) is 0 Å². The average Bonchev–Trinajstić information content (AvgIpc) is 2.72. The van der Waals surface area contributed by atoms with Gasteiger partial charge in [0.1, 0.15) is 17.3 Å². The van der Waals surface area contributed by atoms with E-state index in [0.717, 1.165) is 49.0 Å². The molecule has 2 aliphatic rings. The summed E-state index contributed by atoms with van der Waals surface area (Å²) in [7, 11) is 2.14. The van der Waals surface area contributed by atoms with E-state index in [1.54, 1.807) is 0 Å². The van der Waals surface area contributed by atoms with Gasteiger partial charge in [-0.25, -0.2) is 4.99 Å². The maximum atomic E-state index is 6.24. The van der Waals surface area contributed by atoms with E-state index in [1.165, 1.54) is 0 Å². The summed E-state index contributed by atoms with van der Waals surface area (Å²) in [5, 5.41) is 0.671. The van der Waals surface area contributed by atoms with Crippen LogP contribution >= 0.6 is 11.6 Å². The van der Waals surface area contributed by atoms with Crippen LogP contribution in [0.5, 0.6) is 11.5 Å². The van der Waals surface area contributed by atoms with Crippen molar-refractivity contribution >= 4 is 28.8 Å². The van der Waals surface area contributed by atoms with Crippen molar-refractivity contribution < 1.29 is 4.74 Å². The van der Waals surface area contributed by atoms with Crippen molar-refractivity contribution in [2.24, 2.45) is 4.99 Å². The van der Waals surface area contributed by atoms with Gasteiger partial charge in [0, 0.05) is 43.0 Å². The smallest absolute Gasteiger partial charge is 0.155 e. The molecule has 0 atom stereocenters. The number of nitrogens with zero attached hydrogens (tertiary/aromatic N) is 3. The second kappa shape index (κ2) is 6.00. The van der Waals surface area contributed by atoms with Gasteiger partial charge >= 0.3 is 0 Å². The zero-order valence-electron chi connectivity index (χ0n) is 13.5. The largest absolute Gasteiger partial charge is 0.454 e. The summed E-state index contributed by atoms with van der Waals surface area (Å²) >= 11 is 6.24. The number of halogens is 1. The Labute approximate surface area is 146 Å². The van der Waals surface area contributed by atoms with Gasteiger partial charge in [-0.2, -0.15) is 0 Å². The highest BCUT2D eigenvalue weighted by Crippen LogP contribution is 2.40. The van der Waals surface area contributed by atoms with E-state index >= 15 is 0 Å². The zero-order valence-corrected chi connectivity index (χ0v) is 14.3. The average molecular weight is 343 g/mol. The van der Waals surface area contributed by atoms with Gasteiger partial charge in [0.25, 0.3) is 0 Å². The predicted molar refractivity (Wildman–Crippen MR) is 97.6 cm³/mol. The van der Waals surface area contributed by atoms with Crippen LogP contribution in [0, 0.1) is 0 Å². The van der Waals surface area contributed by atoms with Crippen LogP contribution in [-0.2, 0) is 0 Å². The Kier molecular flexibility index (Phi) is 3.82. The van der Waals surface area contributed by atoms with E-state index in [9.17, 15) is 0 Å². The number of likely N-dealkylation sites (N-methyl/N-ethyl adjacent to an activating group) is 1. The zero-order chi connectivity index (χ0) is 16.7. The third-order valence-electron chi connectivity index (χ3n) is 4.42. The summed E-state index contributed by atoms with van der Waals surface area (Å²) in [5.74, 6) is 2.33. The molecular formula is C18H19ClN4O. The molecule has 24 heavy (non-hydrogen) atoms. The number of benzene rings is 2. The Hall–Kier alpha value is -2.24. The lowest BCUT2D eigenvalue weighted by Gasteiger charge is -2.34. The fourth-order valence-electron chi connectivity index (χ4n) is 3.02. The summed E-state index contributed by atoms with van der Waals surface area (Å²) in [5.41, 5.74) is 8.26. The normalized spacial score (nSPS) is 17.4. The lowest BCUT2D eigenvalue weighted by atomic mass is 10.1. The van der Waals surface area contributed by atoms with Crippen LogP contribution in [0.15, 0.2) is 41.4 Å². The van der Waals surface area contributed by atoms with Gasteiger partial charge in [-0.3, -0.25) is 0 Å². The number of ether oxygens (including phenoxy) is 1. The first-order chi connectivity index (χ1) is 11.6. The molecule has 2 aromatic carbocycles. The molecule has 124 valence electrons. The van der Waals surface area contributed by atoms with Crippen molar-refractivity contribution in [2.45, 2.75) is 0 Å². The third-order valence-corrected chi connectivity index (χ3v) is 4.65. The molecule has 5 nitrogen and oxygen atoms in total. The van der Waals surface area contributed by atoms with Gasteiger partial charge in [0.05, 0.1) is 5.56 Å². The van der Waals surface area contributed by atoms with E-state index in [4.69, 9.17) is 27.1 Å². The number of nitrogens with two attached hydrogens (primary N) is 1. The SMILES string of the molecule is CN1CCN(C2=Nc3ccc(N)cc3Oc3ccc(Cl)cc32)CC1. The van der Waals surface area contributed by atoms with Gasteiger partial charge in [-0.05, 0) is 37.4 Å². The molecule has 0 aliphatic carbocycles. The van der Waals surface area contributed by atoms with Gasteiger partial charge in [-0.1, -0.05) is 11.6 Å². The fraction of sp³-hybridized carbons (Fsp3) is 0.278. The standard InChI is InChI=1S/C18H19ClN4O/c1-22-6-8-23(9-7-22)18-14-10-12(19)2-5-16(14)24-17-11-13(20)3-4-15(17)21-18/h2-5,10-11H,6-9,20H2,1H3. The number of anilines is 1. The predicted octanol–water partition coefficient (Wildman–Crippen LogP) is 3.35. The number of hydrogen-bond acceptors (Lipinski definition) is 5. The lowest BCUT2D eigenvalue weighted by molar-refractivity contribution is 0.215. The third kappa shape index (κ3) is 2.81. The Morgan fingerprint density at radius 3 is 2.62 bits per heavy atom. The highest BCUT2D eigenvalue weighted by Gasteiger charge is 2.25. The monoisotopic (exact) mass is 342 g/mol. The Morgan fingerprint density at radius 1 is 1.04 bits per heavy atom. The van der Waals surface area contributed by atoms with Crippen molar-refractivity contribution in [1.29, 1.82) is 0 Å². The van der Waals surface area contributed by atoms with Crippen molar-refractivity contribution in [2.75, 3.05) is 39.0 Å². The van der Waals surface area contributed by atoms with Crippen LogP contribution in [0.4, 0.5) is 11.4 Å². The minimum absolute atomic E-state index is 0.655. The number of amidine groups is 1. The van der Waals surface area contributed by atoms with E-state index < -0.39 is 0 Å². The van der Waals surface area contributed by atoms with Crippen LogP contribution < -0.4 is 10.5 Å². The van der Waals surface area contributed by atoms with Gasteiger partial charge in [-0.15, -0.1) is 0 Å². The van der Waals surface area contributed by atoms with Crippen LogP contribution in [0.3, 0.4) is 0 Å². The quantitative estimate of drug-likeness (QED) is 0.746. The molecular weight excluding hydrogens is 324 g/mol. The molecule has 2 heterocycles. The first kappa shape index (κ1) is 15.3.